The van der Waals surface area contributed by atoms with E-state index in [0.717, 1.165) is 18.5 Å². The standard InChI is InChI=1S/C13H18FNO/c1-3-7-15-10-11-9-12(14)5-6-13(11)16-8-4-2/h4-6,9,15H,2-3,7-8,10H2,1H3. The van der Waals surface area contributed by atoms with Gasteiger partial charge in [0.25, 0.3) is 0 Å². The molecule has 1 aromatic carbocycles. The molecule has 1 aromatic rings. The van der Waals surface area contributed by atoms with E-state index >= 15 is 0 Å². The van der Waals surface area contributed by atoms with Crippen LogP contribution in [0.25, 0.3) is 0 Å². The van der Waals surface area contributed by atoms with E-state index in [2.05, 4.69) is 18.8 Å². The highest BCUT2D eigenvalue weighted by molar-refractivity contribution is 5.34. The average molecular weight is 223 g/mol. The molecule has 0 aromatic heterocycles. The van der Waals surface area contributed by atoms with Crippen molar-refractivity contribution in [3.8, 4) is 5.75 Å². The van der Waals surface area contributed by atoms with Gasteiger partial charge in [-0.1, -0.05) is 19.6 Å². The Morgan fingerprint density at radius 1 is 1.50 bits per heavy atom. The Labute approximate surface area is 96.1 Å². The van der Waals surface area contributed by atoms with Crippen LogP contribution in [0.2, 0.25) is 0 Å². The lowest BCUT2D eigenvalue weighted by molar-refractivity contribution is 0.357. The first-order valence-electron chi connectivity index (χ1n) is 5.50. The third kappa shape index (κ3) is 4.03. The Balaban J connectivity index is 2.68. The number of rotatable bonds is 7. The van der Waals surface area contributed by atoms with Crippen LogP contribution in [0.1, 0.15) is 18.9 Å². The summed E-state index contributed by atoms with van der Waals surface area (Å²) in [5, 5.41) is 3.22. The van der Waals surface area contributed by atoms with Crippen molar-refractivity contribution in [2.75, 3.05) is 13.2 Å². The summed E-state index contributed by atoms with van der Waals surface area (Å²) in [5.74, 6) is 0.476. The molecule has 0 aliphatic rings. The first-order valence-corrected chi connectivity index (χ1v) is 5.50. The van der Waals surface area contributed by atoms with Crippen LogP contribution >= 0.6 is 0 Å². The fourth-order valence-electron chi connectivity index (χ4n) is 1.38. The van der Waals surface area contributed by atoms with Gasteiger partial charge in [0.15, 0.2) is 0 Å². The molecule has 0 spiro atoms. The fourth-order valence-corrected chi connectivity index (χ4v) is 1.38. The predicted octanol–water partition coefficient (Wildman–Crippen LogP) is 2.89. The monoisotopic (exact) mass is 223 g/mol. The molecule has 0 saturated heterocycles. The van der Waals surface area contributed by atoms with Gasteiger partial charge in [0, 0.05) is 12.1 Å². The molecule has 1 N–H and O–H groups in total. The quantitative estimate of drug-likeness (QED) is 0.567. The molecule has 0 bridgehead atoms. The van der Waals surface area contributed by atoms with E-state index in [9.17, 15) is 4.39 Å². The largest absolute Gasteiger partial charge is 0.489 e. The normalized spacial score (nSPS) is 10.1. The summed E-state index contributed by atoms with van der Waals surface area (Å²) in [5.41, 5.74) is 0.843. The highest BCUT2D eigenvalue weighted by Gasteiger charge is 2.04. The second-order valence-corrected chi connectivity index (χ2v) is 3.53. The molecule has 0 fully saturated rings. The van der Waals surface area contributed by atoms with Gasteiger partial charge in [0.05, 0.1) is 0 Å². The zero-order valence-electron chi connectivity index (χ0n) is 9.63. The molecule has 1 rings (SSSR count). The Kier molecular flexibility index (Phi) is 5.57. The summed E-state index contributed by atoms with van der Waals surface area (Å²) in [6, 6.07) is 4.56. The first kappa shape index (κ1) is 12.7. The molecule has 88 valence electrons. The second kappa shape index (κ2) is 7.01. The average Bonchev–Trinajstić information content (AvgIpc) is 2.28. The summed E-state index contributed by atoms with van der Waals surface area (Å²) in [4.78, 5) is 0. The van der Waals surface area contributed by atoms with E-state index in [1.807, 2.05) is 0 Å². The van der Waals surface area contributed by atoms with E-state index < -0.39 is 0 Å². The van der Waals surface area contributed by atoms with Gasteiger partial charge >= 0.3 is 0 Å². The van der Waals surface area contributed by atoms with E-state index in [0.29, 0.717) is 18.9 Å². The number of benzene rings is 1. The van der Waals surface area contributed by atoms with Crippen LogP contribution in [-0.4, -0.2) is 13.2 Å². The minimum absolute atomic E-state index is 0.237. The van der Waals surface area contributed by atoms with Gasteiger partial charge in [-0.2, -0.15) is 0 Å². The van der Waals surface area contributed by atoms with Crippen LogP contribution in [0.15, 0.2) is 30.9 Å². The Hall–Kier alpha value is -1.35. The summed E-state index contributed by atoms with van der Waals surface area (Å²) < 4.78 is 18.5. The minimum atomic E-state index is -0.237. The van der Waals surface area contributed by atoms with Crippen molar-refractivity contribution in [3.63, 3.8) is 0 Å². The second-order valence-electron chi connectivity index (χ2n) is 3.53. The maximum Gasteiger partial charge on any atom is 0.124 e. The molecule has 0 atom stereocenters. The third-order valence-corrected chi connectivity index (χ3v) is 2.12. The number of ether oxygens (including phenoxy) is 1. The van der Waals surface area contributed by atoms with Crippen molar-refractivity contribution in [3.05, 3.63) is 42.2 Å². The summed E-state index contributed by atoms with van der Waals surface area (Å²) in [6.45, 7) is 7.65. The third-order valence-electron chi connectivity index (χ3n) is 2.12. The highest BCUT2D eigenvalue weighted by Crippen LogP contribution is 2.19. The molecule has 0 saturated carbocycles. The fraction of sp³-hybridized carbons (Fsp3) is 0.385. The molecule has 16 heavy (non-hydrogen) atoms. The highest BCUT2D eigenvalue weighted by atomic mass is 19.1. The Morgan fingerprint density at radius 3 is 3.00 bits per heavy atom. The smallest absolute Gasteiger partial charge is 0.124 e. The first-order chi connectivity index (χ1) is 7.77. The van der Waals surface area contributed by atoms with E-state index in [1.165, 1.54) is 12.1 Å². The van der Waals surface area contributed by atoms with Crippen molar-refractivity contribution in [2.24, 2.45) is 0 Å². The lowest BCUT2D eigenvalue weighted by atomic mass is 10.2. The molecule has 0 aliphatic heterocycles. The molecule has 3 heteroatoms. The topological polar surface area (TPSA) is 21.3 Å². The number of hydrogen-bond donors (Lipinski definition) is 1. The number of hydrogen-bond acceptors (Lipinski definition) is 2. The van der Waals surface area contributed by atoms with E-state index in [-0.39, 0.29) is 5.82 Å². The SMILES string of the molecule is C=CCOc1ccc(F)cc1CNCCC. The molecular formula is C13H18FNO. The van der Waals surface area contributed by atoms with Gasteiger partial charge in [0.1, 0.15) is 18.2 Å². The number of nitrogens with one attached hydrogen (secondary N) is 1. The van der Waals surface area contributed by atoms with Crippen LogP contribution < -0.4 is 10.1 Å². The Bertz CT molecular complexity index is 339. The Morgan fingerprint density at radius 2 is 2.31 bits per heavy atom. The molecule has 2 nitrogen and oxygen atoms in total. The van der Waals surface area contributed by atoms with Crippen molar-refractivity contribution < 1.29 is 9.13 Å². The molecule has 0 radical (unpaired) electrons. The maximum absolute atomic E-state index is 13.1. The van der Waals surface area contributed by atoms with Crippen LogP contribution in [-0.2, 0) is 6.54 Å². The number of halogens is 1. The van der Waals surface area contributed by atoms with Crippen molar-refractivity contribution in [1.82, 2.24) is 5.32 Å². The van der Waals surface area contributed by atoms with Gasteiger partial charge in [0.2, 0.25) is 0 Å². The van der Waals surface area contributed by atoms with Crippen molar-refractivity contribution in [1.29, 1.82) is 0 Å². The lowest BCUT2D eigenvalue weighted by Crippen LogP contribution is -2.15. The molecule has 0 heterocycles. The van der Waals surface area contributed by atoms with Gasteiger partial charge in [-0.25, -0.2) is 4.39 Å². The minimum Gasteiger partial charge on any atom is -0.489 e. The zero-order chi connectivity index (χ0) is 11.8. The molecule has 0 aliphatic carbocycles. The lowest BCUT2D eigenvalue weighted by Gasteiger charge is -2.10. The van der Waals surface area contributed by atoms with Gasteiger partial charge < -0.3 is 10.1 Å². The summed E-state index contributed by atoms with van der Waals surface area (Å²) >= 11 is 0. The molecular weight excluding hydrogens is 205 g/mol. The van der Waals surface area contributed by atoms with E-state index in [1.54, 1.807) is 12.1 Å². The molecule has 0 amide bonds. The van der Waals surface area contributed by atoms with Crippen LogP contribution in [0.3, 0.4) is 0 Å². The van der Waals surface area contributed by atoms with Gasteiger partial charge in [-0.05, 0) is 31.2 Å². The zero-order valence-corrected chi connectivity index (χ0v) is 9.63. The van der Waals surface area contributed by atoms with Crippen molar-refractivity contribution >= 4 is 0 Å². The van der Waals surface area contributed by atoms with Gasteiger partial charge in [-0.15, -0.1) is 0 Å². The maximum atomic E-state index is 13.1. The molecule has 0 unspecified atom stereocenters. The van der Waals surface area contributed by atoms with Crippen LogP contribution in [0.5, 0.6) is 5.75 Å². The van der Waals surface area contributed by atoms with Crippen LogP contribution in [0, 0.1) is 5.82 Å². The van der Waals surface area contributed by atoms with Crippen molar-refractivity contribution in [2.45, 2.75) is 19.9 Å². The van der Waals surface area contributed by atoms with E-state index in [4.69, 9.17) is 4.74 Å². The predicted molar refractivity (Wildman–Crippen MR) is 64.1 cm³/mol. The summed E-state index contributed by atoms with van der Waals surface area (Å²) in [7, 11) is 0. The summed E-state index contributed by atoms with van der Waals surface area (Å²) in [6.07, 6.45) is 2.73. The van der Waals surface area contributed by atoms with Gasteiger partial charge in [-0.3, -0.25) is 0 Å². The van der Waals surface area contributed by atoms with Crippen LogP contribution in [0.4, 0.5) is 4.39 Å².